The highest BCUT2D eigenvalue weighted by atomic mass is 16.5. The second-order valence-corrected chi connectivity index (χ2v) is 3.85. The van der Waals surface area contributed by atoms with Gasteiger partial charge in [0.1, 0.15) is 0 Å². The summed E-state index contributed by atoms with van der Waals surface area (Å²) in [4.78, 5) is 0. The van der Waals surface area contributed by atoms with Crippen LogP contribution >= 0.6 is 0 Å². The van der Waals surface area contributed by atoms with Crippen LogP contribution in [-0.4, -0.2) is 22.5 Å². The highest BCUT2D eigenvalue weighted by molar-refractivity contribution is 5.39. The molecule has 1 heterocycles. The van der Waals surface area contributed by atoms with Gasteiger partial charge in [0, 0.05) is 12.8 Å². The molecule has 0 bridgehead atoms. The maximum absolute atomic E-state index is 5.74. The molecule has 0 atom stereocenters. The second-order valence-electron chi connectivity index (χ2n) is 3.85. The van der Waals surface area contributed by atoms with Gasteiger partial charge in [0.15, 0.2) is 0 Å². The zero-order valence-electron chi connectivity index (χ0n) is 8.73. The van der Waals surface area contributed by atoms with Crippen molar-refractivity contribution in [3.05, 3.63) is 11.9 Å². The molecule has 1 aromatic rings. The van der Waals surface area contributed by atoms with Gasteiger partial charge in [-0.05, 0) is 26.7 Å². The fraction of sp³-hybridized carbons (Fsp3) is 0.700. The van der Waals surface area contributed by atoms with Gasteiger partial charge in [-0.15, -0.1) is 0 Å². The van der Waals surface area contributed by atoms with Crippen LogP contribution in [0.4, 0.5) is 5.69 Å². The van der Waals surface area contributed by atoms with Crippen LogP contribution < -0.4 is 5.73 Å². The second kappa shape index (κ2) is 3.61. The number of anilines is 1. The van der Waals surface area contributed by atoms with Gasteiger partial charge in [-0.1, -0.05) is 0 Å². The van der Waals surface area contributed by atoms with E-state index in [1.165, 1.54) is 0 Å². The van der Waals surface area contributed by atoms with Crippen molar-refractivity contribution >= 4 is 5.69 Å². The molecule has 1 fully saturated rings. The Morgan fingerprint density at radius 3 is 2.86 bits per heavy atom. The van der Waals surface area contributed by atoms with Crippen molar-refractivity contribution in [1.29, 1.82) is 0 Å². The first kappa shape index (κ1) is 9.52. The maximum Gasteiger partial charge on any atom is 0.0823 e. The van der Waals surface area contributed by atoms with Gasteiger partial charge < -0.3 is 10.5 Å². The number of aromatic nitrogens is 2. The summed E-state index contributed by atoms with van der Waals surface area (Å²) >= 11 is 0. The van der Waals surface area contributed by atoms with Gasteiger partial charge in [-0.25, -0.2) is 0 Å². The summed E-state index contributed by atoms with van der Waals surface area (Å²) in [5.41, 5.74) is 7.44. The standard InChI is InChI=1S/C10H17N3O/c1-3-14-9-4-8(5-9)13-6-10(11)7(2)12-13/h6,8-9H,3-5,11H2,1-2H3/t8-,9+. The minimum absolute atomic E-state index is 0.427. The Hall–Kier alpha value is -1.03. The summed E-state index contributed by atoms with van der Waals surface area (Å²) in [5, 5.41) is 4.36. The molecule has 0 unspecified atom stereocenters. The Labute approximate surface area is 84.0 Å². The predicted octanol–water partition coefficient (Wildman–Crippen LogP) is 1.51. The Balaban J connectivity index is 1.93. The van der Waals surface area contributed by atoms with Gasteiger partial charge in [0.2, 0.25) is 0 Å². The zero-order chi connectivity index (χ0) is 10.1. The molecule has 78 valence electrons. The van der Waals surface area contributed by atoms with Crippen LogP contribution in [0.25, 0.3) is 0 Å². The van der Waals surface area contributed by atoms with Crippen molar-refractivity contribution < 1.29 is 4.74 Å². The monoisotopic (exact) mass is 195 g/mol. The van der Waals surface area contributed by atoms with Crippen molar-refractivity contribution in [3.63, 3.8) is 0 Å². The molecule has 14 heavy (non-hydrogen) atoms. The molecule has 0 aromatic carbocycles. The minimum Gasteiger partial charge on any atom is -0.396 e. The minimum atomic E-state index is 0.427. The summed E-state index contributed by atoms with van der Waals surface area (Å²) in [6.45, 7) is 4.77. The molecule has 0 saturated heterocycles. The average molecular weight is 195 g/mol. The van der Waals surface area contributed by atoms with Crippen LogP contribution in [0.5, 0.6) is 0 Å². The smallest absolute Gasteiger partial charge is 0.0823 e. The first-order chi connectivity index (χ1) is 6.70. The van der Waals surface area contributed by atoms with Gasteiger partial charge >= 0.3 is 0 Å². The van der Waals surface area contributed by atoms with Crippen LogP contribution in [0.1, 0.15) is 31.5 Å². The lowest BCUT2D eigenvalue weighted by Gasteiger charge is -2.34. The molecule has 2 N–H and O–H groups in total. The number of aryl methyl sites for hydroxylation is 1. The molecule has 1 saturated carbocycles. The fourth-order valence-corrected chi connectivity index (χ4v) is 1.81. The molecule has 1 aliphatic rings. The van der Waals surface area contributed by atoms with E-state index in [-0.39, 0.29) is 0 Å². The zero-order valence-corrected chi connectivity index (χ0v) is 8.73. The predicted molar refractivity (Wildman–Crippen MR) is 55.1 cm³/mol. The third-order valence-corrected chi connectivity index (χ3v) is 2.80. The number of rotatable bonds is 3. The largest absolute Gasteiger partial charge is 0.396 e. The van der Waals surface area contributed by atoms with Crippen LogP contribution in [0.15, 0.2) is 6.20 Å². The number of hydrogen-bond acceptors (Lipinski definition) is 3. The molecule has 0 radical (unpaired) electrons. The van der Waals surface area contributed by atoms with E-state index < -0.39 is 0 Å². The Morgan fingerprint density at radius 1 is 1.64 bits per heavy atom. The summed E-state index contributed by atoms with van der Waals surface area (Å²) in [7, 11) is 0. The molecule has 2 rings (SSSR count). The molecular formula is C10H17N3O. The fourth-order valence-electron chi connectivity index (χ4n) is 1.81. The van der Waals surface area contributed by atoms with E-state index in [4.69, 9.17) is 10.5 Å². The van der Waals surface area contributed by atoms with Gasteiger partial charge in [-0.3, -0.25) is 4.68 Å². The third-order valence-electron chi connectivity index (χ3n) is 2.80. The maximum atomic E-state index is 5.74. The first-order valence-electron chi connectivity index (χ1n) is 5.13. The van der Waals surface area contributed by atoms with Gasteiger partial charge in [0.05, 0.1) is 23.5 Å². The lowest BCUT2D eigenvalue weighted by molar-refractivity contribution is -0.0227. The molecule has 1 aliphatic carbocycles. The molecule has 1 aromatic heterocycles. The topological polar surface area (TPSA) is 53.1 Å². The summed E-state index contributed by atoms with van der Waals surface area (Å²) < 4.78 is 7.47. The van der Waals surface area contributed by atoms with Crippen molar-refractivity contribution in [2.24, 2.45) is 0 Å². The van der Waals surface area contributed by atoms with Crippen molar-refractivity contribution in [2.75, 3.05) is 12.3 Å². The number of hydrogen-bond donors (Lipinski definition) is 1. The quantitative estimate of drug-likeness (QED) is 0.795. The lowest BCUT2D eigenvalue weighted by Crippen LogP contribution is -2.33. The third kappa shape index (κ3) is 1.62. The summed E-state index contributed by atoms with van der Waals surface area (Å²) in [6, 6.07) is 0.488. The normalized spacial score (nSPS) is 26.1. The summed E-state index contributed by atoms with van der Waals surface area (Å²) in [6.07, 6.45) is 4.47. The molecule has 0 spiro atoms. The lowest BCUT2D eigenvalue weighted by atomic mass is 9.89. The average Bonchev–Trinajstić information content (AvgIpc) is 2.38. The van der Waals surface area contributed by atoms with E-state index in [1.54, 1.807) is 0 Å². The van der Waals surface area contributed by atoms with Crippen molar-refractivity contribution in [2.45, 2.75) is 38.8 Å². The van der Waals surface area contributed by atoms with E-state index in [2.05, 4.69) is 5.10 Å². The SMILES string of the molecule is CCO[C@H]1C[C@@H](n2cc(N)c(C)n2)C1. The molecule has 4 heteroatoms. The van der Waals surface area contributed by atoms with Crippen LogP contribution in [0.2, 0.25) is 0 Å². The highest BCUT2D eigenvalue weighted by Gasteiger charge is 2.31. The first-order valence-corrected chi connectivity index (χ1v) is 5.13. The van der Waals surface area contributed by atoms with Gasteiger partial charge in [0.25, 0.3) is 0 Å². The van der Waals surface area contributed by atoms with E-state index in [9.17, 15) is 0 Å². The van der Waals surface area contributed by atoms with Crippen molar-refractivity contribution in [3.8, 4) is 0 Å². The van der Waals surface area contributed by atoms with Crippen LogP contribution in [-0.2, 0) is 4.74 Å². The highest BCUT2D eigenvalue weighted by Crippen LogP contribution is 2.34. The molecular weight excluding hydrogens is 178 g/mol. The van der Waals surface area contributed by atoms with E-state index >= 15 is 0 Å². The molecule has 0 aliphatic heterocycles. The molecule has 0 amide bonds. The van der Waals surface area contributed by atoms with Gasteiger partial charge in [-0.2, -0.15) is 5.10 Å². The number of nitrogens with two attached hydrogens (primary N) is 1. The van der Waals surface area contributed by atoms with Crippen LogP contribution in [0.3, 0.4) is 0 Å². The van der Waals surface area contributed by atoms with Crippen molar-refractivity contribution in [1.82, 2.24) is 9.78 Å². The number of nitrogen functional groups attached to an aromatic ring is 1. The summed E-state index contributed by atoms with van der Waals surface area (Å²) in [5.74, 6) is 0. The number of nitrogens with zero attached hydrogens (tertiary/aromatic N) is 2. The van der Waals surface area contributed by atoms with Crippen LogP contribution in [0, 0.1) is 6.92 Å². The van der Waals surface area contributed by atoms with E-state index in [0.717, 1.165) is 30.8 Å². The van der Waals surface area contributed by atoms with E-state index in [1.807, 2.05) is 24.7 Å². The Morgan fingerprint density at radius 2 is 2.36 bits per heavy atom. The molecule has 4 nitrogen and oxygen atoms in total. The number of ether oxygens (including phenoxy) is 1. The van der Waals surface area contributed by atoms with E-state index in [0.29, 0.717) is 12.1 Å². The Kier molecular flexibility index (Phi) is 2.46. The Bertz CT molecular complexity index is 296.